The van der Waals surface area contributed by atoms with E-state index in [4.69, 9.17) is 0 Å². The predicted octanol–water partition coefficient (Wildman–Crippen LogP) is 5.25. The summed E-state index contributed by atoms with van der Waals surface area (Å²) in [5, 5.41) is 12.2. The van der Waals surface area contributed by atoms with Crippen LogP contribution in [0, 0.1) is 0 Å². The summed E-state index contributed by atoms with van der Waals surface area (Å²) >= 11 is 1.82. The van der Waals surface area contributed by atoms with Crippen molar-refractivity contribution >= 4 is 35.1 Å². The molecule has 0 aliphatic heterocycles. The molecule has 3 aromatic rings. The van der Waals surface area contributed by atoms with Crippen LogP contribution < -0.4 is 5.32 Å². The number of benzene rings is 2. The highest BCUT2D eigenvalue weighted by molar-refractivity contribution is 8.00. The number of carbonyl (C=O) groups is 1. The van der Waals surface area contributed by atoms with Crippen LogP contribution in [0.3, 0.4) is 0 Å². The molecular formula is C21H20F2N4OS2. The van der Waals surface area contributed by atoms with Gasteiger partial charge >= 0.3 is 0 Å². The molecule has 1 saturated carbocycles. The number of hydrogen-bond donors (Lipinski definition) is 1. The minimum Gasteiger partial charge on any atom is -0.325 e. The Morgan fingerprint density at radius 1 is 1.10 bits per heavy atom. The molecule has 156 valence electrons. The third-order valence-corrected chi connectivity index (χ3v) is 6.26. The molecule has 1 amide bonds. The molecule has 1 aliphatic carbocycles. The van der Waals surface area contributed by atoms with E-state index in [0.29, 0.717) is 34.8 Å². The monoisotopic (exact) mass is 446 g/mol. The standard InChI is InChI=1S/C21H20F2N4OS2/c22-20(23)30-17-10-8-16(9-11-17)24-18(28)13-29-21-26-25-19(15-6-7-15)27(21)12-14-4-2-1-3-5-14/h1-5,8-11,15,20H,6-7,12-13H2,(H,24,28). The molecular weight excluding hydrogens is 426 g/mol. The van der Waals surface area contributed by atoms with Crippen molar-refractivity contribution in [3.8, 4) is 0 Å². The molecule has 1 aliphatic rings. The van der Waals surface area contributed by atoms with E-state index >= 15 is 0 Å². The molecule has 0 atom stereocenters. The summed E-state index contributed by atoms with van der Waals surface area (Å²) in [5.74, 6) is -1.03. The first-order valence-electron chi connectivity index (χ1n) is 9.53. The van der Waals surface area contributed by atoms with Crippen molar-refractivity contribution < 1.29 is 13.6 Å². The summed E-state index contributed by atoms with van der Waals surface area (Å²) < 4.78 is 26.9. The Bertz CT molecular complexity index is 992. The zero-order valence-electron chi connectivity index (χ0n) is 16.0. The maximum Gasteiger partial charge on any atom is 0.288 e. The summed E-state index contributed by atoms with van der Waals surface area (Å²) in [6.07, 6.45) is 2.25. The highest BCUT2D eigenvalue weighted by atomic mass is 32.2. The molecule has 1 N–H and O–H groups in total. The van der Waals surface area contributed by atoms with Crippen molar-refractivity contribution in [1.82, 2.24) is 14.8 Å². The van der Waals surface area contributed by atoms with Crippen molar-refractivity contribution in [2.75, 3.05) is 11.1 Å². The van der Waals surface area contributed by atoms with E-state index < -0.39 is 5.76 Å². The van der Waals surface area contributed by atoms with E-state index in [1.807, 2.05) is 18.2 Å². The number of carbonyl (C=O) groups excluding carboxylic acids is 1. The summed E-state index contributed by atoms with van der Waals surface area (Å²) in [6, 6.07) is 16.5. The molecule has 0 saturated heterocycles. The summed E-state index contributed by atoms with van der Waals surface area (Å²) in [6.45, 7) is 0.674. The van der Waals surface area contributed by atoms with E-state index in [1.165, 1.54) is 11.8 Å². The maximum atomic E-state index is 12.4. The lowest BCUT2D eigenvalue weighted by atomic mass is 10.2. The van der Waals surface area contributed by atoms with Crippen LogP contribution in [0.2, 0.25) is 0 Å². The van der Waals surface area contributed by atoms with E-state index in [9.17, 15) is 13.6 Å². The average molecular weight is 447 g/mol. The maximum absolute atomic E-state index is 12.4. The van der Waals surface area contributed by atoms with Gasteiger partial charge in [0.2, 0.25) is 5.91 Å². The van der Waals surface area contributed by atoms with E-state index in [0.717, 1.165) is 29.4 Å². The number of halogens is 2. The summed E-state index contributed by atoms with van der Waals surface area (Å²) in [5.41, 5.74) is 1.73. The molecule has 5 nitrogen and oxygen atoms in total. The van der Waals surface area contributed by atoms with Crippen molar-refractivity contribution in [2.45, 2.75) is 41.1 Å². The Hall–Kier alpha value is -2.39. The van der Waals surface area contributed by atoms with Crippen LogP contribution in [0.5, 0.6) is 0 Å². The number of aromatic nitrogens is 3. The first-order chi connectivity index (χ1) is 14.6. The third kappa shape index (κ3) is 5.60. The van der Waals surface area contributed by atoms with Crippen molar-refractivity contribution in [1.29, 1.82) is 0 Å². The predicted molar refractivity (Wildman–Crippen MR) is 115 cm³/mol. The zero-order valence-corrected chi connectivity index (χ0v) is 17.6. The smallest absolute Gasteiger partial charge is 0.288 e. The van der Waals surface area contributed by atoms with Crippen molar-refractivity contribution in [2.24, 2.45) is 0 Å². The van der Waals surface area contributed by atoms with Gasteiger partial charge in [0.15, 0.2) is 5.16 Å². The van der Waals surface area contributed by atoms with Gasteiger partial charge in [-0.1, -0.05) is 53.9 Å². The lowest BCUT2D eigenvalue weighted by molar-refractivity contribution is -0.113. The number of rotatable bonds is 9. The van der Waals surface area contributed by atoms with E-state index in [2.05, 4.69) is 32.2 Å². The van der Waals surface area contributed by atoms with E-state index in [-0.39, 0.29) is 11.7 Å². The molecule has 0 bridgehead atoms. The van der Waals surface area contributed by atoms with Crippen LogP contribution in [0.25, 0.3) is 0 Å². The van der Waals surface area contributed by atoms with Gasteiger partial charge < -0.3 is 9.88 Å². The second-order valence-corrected chi connectivity index (χ2v) is 8.93. The van der Waals surface area contributed by atoms with Gasteiger partial charge in [0, 0.05) is 16.5 Å². The van der Waals surface area contributed by atoms with Gasteiger partial charge in [-0.25, -0.2) is 0 Å². The molecule has 30 heavy (non-hydrogen) atoms. The summed E-state index contributed by atoms with van der Waals surface area (Å²) in [7, 11) is 0. The number of thioether (sulfide) groups is 2. The molecule has 1 aromatic heterocycles. The Morgan fingerprint density at radius 2 is 1.83 bits per heavy atom. The fourth-order valence-electron chi connectivity index (χ4n) is 3.01. The quantitative estimate of drug-likeness (QED) is 0.455. The summed E-state index contributed by atoms with van der Waals surface area (Å²) in [4.78, 5) is 12.8. The Kier molecular flexibility index (Phi) is 6.69. The molecule has 4 rings (SSSR count). The Labute approximate surface area is 181 Å². The van der Waals surface area contributed by atoms with Gasteiger partial charge in [-0.3, -0.25) is 4.79 Å². The Morgan fingerprint density at radius 3 is 2.50 bits per heavy atom. The number of nitrogens with zero attached hydrogens (tertiary/aromatic N) is 3. The third-order valence-electron chi connectivity index (χ3n) is 4.57. The van der Waals surface area contributed by atoms with Crippen LogP contribution >= 0.6 is 23.5 Å². The van der Waals surface area contributed by atoms with Gasteiger partial charge in [-0.2, -0.15) is 8.78 Å². The molecule has 2 aromatic carbocycles. The minimum absolute atomic E-state index is 0.184. The van der Waals surface area contributed by atoms with Crippen molar-refractivity contribution in [3.63, 3.8) is 0 Å². The Balaban J connectivity index is 1.38. The van der Waals surface area contributed by atoms with Crippen molar-refractivity contribution in [3.05, 3.63) is 66.0 Å². The van der Waals surface area contributed by atoms with Gasteiger partial charge in [0.1, 0.15) is 5.82 Å². The largest absolute Gasteiger partial charge is 0.325 e. The van der Waals surface area contributed by atoms with Gasteiger partial charge in [-0.15, -0.1) is 10.2 Å². The number of amides is 1. The highest BCUT2D eigenvalue weighted by Crippen LogP contribution is 2.40. The number of hydrogen-bond acceptors (Lipinski definition) is 5. The molecule has 0 unspecified atom stereocenters. The normalized spacial score (nSPS) is 13.6. The first kappa shape index (κ1) is 20.9. The van der Waals surface area contributed by atoms with Crippen LogP contribution in [-0.2, 0) is 11.3 Å². The number of nitrogens with one attached hydrogen (secondary N) is 1. The molecule has 1 heterocycles. The number of alkyl halides is 2. The van der Waals surface area contributed by atoms with Crippen LogP contribution in [0.15, 0.2) is 64.6 Å². The van der Waals surface area contributed by atoms with Gasteiger partial charge in [0.25, 0.3) is 5.76 Å². The fraction of sp³-hybridized carbons (Fsp3) is 0.286. The van der Waals surface area contributed by atoms with Gasteiger partial charge in [-0.05, 0) is 42.7 Å². The topological polar surface area (TPSA) is 59.8 Å². The second-order valence-electron chi connectivity index (χ2n) is 6.93. The first-order valence-corrected chi connectivity index (χ1v) is 11.4. The molecule has 9 heteroatoms. The fourth-order valence-corrected chi connectivity index (χ4v) is 4.26. The van der Waals surface area contributed by atoms with Gasteiger partial charge in [0.05, 0.1) is 12.3 Å². The SMILES string of the molecule is O=C(CSc1nnc(C2CC2)n1Cc1ccccc1)Nc1ccc(SC(F)F)cc1. The number of anilines is 1. The molecule has 1 fully saturated rings. The van der Waals surface area contributed by atoms with Crippen LogP contribution in [-0.4, -0.2) is 32.2 Å². The van der Waals surface area contributed by atoms with Crippen LogP contribution in [0.4, 0.5) is 14.5 Å². The minimum atomic E-state index is -2.46. The van der Waals surface area contributed by atoms with E-state index in [1.54, 1.807) is 24.3 Å². The lowest BCUT2D eigenvalue weighted by Crippen LogP contribution is -2.15. The highest BCUT2D eigenvalue weighted by Gasteiger charge is 2.30. The molecule has 0 radical (unpaired) electrons. The average Bonchev–Trinajstić information content (AvgIpc) is 3.50. The second kappa shape index (κ2) is 9.61. The lowest BCUT2D eigenvalue weighted by Gasteiger charge is -2.10. The zero-order chi connectivity index (χ0) is 20.9. The molecule has 0 spiro atoms. The van der Waals surface area contributed by atoms with Crippen LogP contribution in [0.1, 0.15) is 30.1 Å².